The number of fused-ring (bicyclic) bond motifs is 1. The number of nitrogens with one attached hydrogen (secondary N) is 2. The Labute approximate surface area is 174 Å². The van der Waals surface area contributed by atoms with Crippen molar-refractivity contribution in [2.45, 2.75) is 56.8 Å². The van der Waals surface area contributed by atoms with Crippen molar-refractivity contribution in [2.24, 2.45) is 5.92 Å². The number of carbonyl (C=O) groups is 2. The Hall–Kier alpha value is -2.13. The van der Waals surface area contributed by atoms with Crippen LogP contribution >= 0.6 is 0 Å². The topological polar surface area (TPSA) is 83.6 Å². The van der Waals surface area contributed by atoms with Crippen LogP contribution in [-0.2, 0) is 20.2 Å². The van der Waals surface area contributed by atoms with E-state index in [1.807, 2.05) is 6.92 Å². The smallest absolute Gasteiger partial charge is 0.272 e. The lowest BCUT2D eigenvalue weighted by molar-refractivity contribution is -0.168. The Morgan fingerprint density at radius 3 is 2.80 bits per heavy atom. The minimum Gasteiger partial charge on any atom is -0.353 e. The van der Waals surface area contributed by atoms with E-state index < -0.39 is 12.0 Å². The van der Waals surface area contributed by atoms with Gasteiger partial charge in [-0.05, 0) is 37.4 Å². The molecular formula is C21H28F2N4O3. The minimum atomic E-state index is -2.92. The number of piperidine rings is 2. The van der Waals surface area contributed by atoms with E-state index in [1.54, 1.807) is 11.0 Å². The number of rotatable bonds is 3. The number of morpholine rings is 1. The molecule has 0 bridgehead atoms. The molecule has 0 spiro atoms. The molecule has 2 N–H and O–H groups in total. The molecule has 0 aliphatic carbocycles. The van der Waals surface area contributed by atoms with Crippen LogP contribution in [0, 0.1) is 5.92 Å². The third-order valence-electron chi connectivity index (χ3n) is 6.41. The quantitative estimate of drug-likeness (QED) is 0.720. The number of aromatic nitrogens is 1. The molecule has 1 aromatic heterocycles. The van der Waals surface area contributed by atoms with Gasteiger partial charge in [0.2, 0.25) is 6.10 Å². The van der Waals surface area contributed by atoms with Crippen molar-refractivity contribution in [1.29, 1.82) is 0 Å². The summed E-state index contributed by atoms with van der Waals surface area (Å²) in [6, 6.07) is 2.98. The summed E-state index contributed by atoms with van der Waals surface area (Å²) in [6.45, 7) is 5.26. The predicted octanol–water partition coefficient (Wildman–Crippen LogP) is 1.39. The highest BCUT2D eigenvalue weighted by Gasteiger charge is 2.44. The van der Waals surface area contributed by atoms with Gasteiger partial charge in [-0.15, -0.1) is 0 Å². The molecule has 5 atom stereocenters. The Balaban J connectivity index is 1.39. The van der Waals surface area contributed by atoms with Gasteiger partial charge < -0.3 is 20.3 Å². The zero-order chi connectivity index (χ0) is 21.5. The highest BCUT2D eigenvalue weighted by Crippen LogP contribution is 2.34. The third-order valence-corrected chi connectivity index (χ3v) is 6.41. The second kappa shape index (κ2) is 8.19. The van der Waals surface area contributed by atoms with Gasteiger partial charge in [-0.2, -0.15) is 0 Å². The van der Waals surface area contributed by atoms with E-state index in [9.17, 15) is 18.4 Å². The molecule has 7 nitrogen and oxygen atoms in total. The first kappa shape index (κ1) is 21.1. The molecular weight excluding hydrogens is 394 g/mol. The van der Waals surface area contributed by atoms with Crippen molar-refractivity contribution in [2.75, 3.05) is 26.2 Å². The molecule has 0 saturated carbocycles. The molecule has 3 saturated heterocycles. The molecule has 30 heavy (non-hydrogen) atoms. The Kier molecular flexibility index (Phi) is 5.76. The lowest BCUT2D eigenvalue weighted by atomic mass is 9.83. The zero-order valence-corrected chi connectivity index (χ0v) is 17.2. The fourth-order valence-electron chi connectivity index (χ4n) is 4.64. The van der Waals surface area contributed by atoms with Gasteiger partial charge in [0.1, 0.15) is 0 Å². The number of amides is 2. The lowest BCUT2D eigenvalue weighted by Gasteiger charge is -2.42. The molecule has 3 aliphatic rings. The van der Waals surface area contributed by atoms with Gasteiger partial charge >= 0.3 is 0 Å². The number of nitrogens with zero attached hydrogens (tertiary/aromatic N) is 2. The molecule has 3 aliphatic heterocycles. The highest BCUT2D eigenvalue weighted by atomic mass is 19.3. The number of likely N-dealkylation sites (tertiary alicyclic amines) is 1. The summed E-state index contributed by atoms with van der Waals surface area (Å²) in [6.07, 6.45) is 1.40. The van der Waals surface area contributed by atoms with Crippen LogP contribution in [0.25, 0.3) is 0 Å². The van der Waals surface area contributed by atoms with Crippen molar-refractivity contribution >= 4 is 11.8 Å². The van der Waals surface area contributed by atoms with Crippen LogP contribution < -0.4 is 10.6 Å². The number of hydrogen-bond donors (Lipinski definition) is 2. The van der Waals surface area contributed by atoms with E-state index in [-0.39, 0.29) is 41.4 Å². The number of alkyl halides is 2. The third kappa shape index (κ3) is 4.18. The van der Waals surface area contributed by atoms with Crippen molar-refractivity contribution in [1.82, 2.24) is 20.5 Å². The van der Waals surface area contributed by atoms with E-state index in [0.29, 0.717) is 26.1 Å². The monoisotopic (exact) mass is 422 g/mol. The van der Waals surface area contributed by atoms with Crippen molar-refractivity contribution in [3.05, 3.63) is 29.6 Å². The van der Waals surface area contributed by atoms with E-state index in [0.717, 1.165) is 25.6 Å². The summed E-state index contributed by atoms with van der Waals surface area (Å²) >= 11 is 0. The van der Waals surface area contributed by atoms with Gasteiger partial charge in [-0.25, -0.2) is 8.78 Å². The van der Waals surface area contributed by atoms with Crippen molar-refractivity contribution in [3.8, 4) is 0 Å². The maximum atomic E-state index is 13.4. The molecule has 4 rings (SSSR count). The molecule has 0 aromatic carbocycles. The summed E-state index contributed by atoms with van der Waals surface area (Å²) in [5, 5.41) is 6.12. The predicted molar refractivity (Wildman–Crippen MR) is 105 cm³/mol. The second-order valence-electron chi connectivity index (χ2n) is 8.68. The van der Waals surface area contributed by atoms with Crippen LogP contribution in [-0.4, -0.2) is 66.1 Å². The number of pyridine rings is 1. The van der Waals surface area contributed by atoms with E-state index in [2.05, 4.69) is 15.6 Å². The van der Waals surface area contributed by atoms with Crippen LogP contribution in [0.5, 0.6) is 0 Å². The molecule has 2 amide bonds. The SMILES string of the molecule is C[C@@H]1CN(C(=O)C2OC3CCNCC3NC2=O)CCC1c1ccc(C(C)(F)F)cn1. The Morgan fingerprint density at radius 2 is 2.13 bits per heavy atom. The van der Waals surface area contributed by atoms with E-state index in [4.69, 9.17) is 4.74 Å². The van der Waals surface area contributed by atoms with Crippen LogP contribution in [0.4, 0.5) is 8.78 Å². The van der Waals surface area contributed by atoms with Crippen LogP contribution in [0.15, 0.2) is 18.3 Å². The average molecular weight is 422 g/mol. The molecule has 1 aromatic rings. The number of ether oxygens (including phenoxy) is 1. The van der Waals surface area contributed by atoms with Gasteiger partial charge in [-0.1, -0.05) is 6.92 Å². The van der Waals surface area contributed by atoms with Crippen LogP contribution in [0.1, 0.15) is 43.9 Å². The second-order valence-corrected chi connectivity index (χ2v) is 8.68. The van der Waals surface area contributed by atoms with Crippen molar-refractivity contribution < 1.29 is 23.1 Å². The van der Waals surface area contributed by atoms with Gasteiger partial charge in [0.25, 0.3) is 17.7 Å². The maximum Gasteiger partial charge on any atom is 0.272 e. The van der Waals surface area contributed by atoms with Crippen molar-refractivity contribution in [3.63, 3.8) is 0 Å². The van der Waals surface area contributed by atoms with E-state index in [1.165, 1.54) is 12.3 Å². The Bertz CT molecular complexity index is 798. The van der Waals surface area contributed by atoms with Crippen LogP contribution in [0.2, 0.25) is 0 Å². The Morgan fingerprint density at radius 1 is 1.33 bits per heavy atom. The molecule has 0 radical (unpaired) electrons. The average Bonchev–Trinajstić information content (AvgIpc) is 2.72. The van der Waals surface area contributed by atoms with Gasteiger partial charge in [0, 0.05) is 49.9 Å². The van der Waals surface area contributed by atoms with Crippen LogP contribution in [0.3, 0.4) is 0 Å². The highest BCUT2D eigenvalue weighted by molar-refractivity contribution is 6.04. The molecule has 164 valence electrons. The number of halogens is 2. The fourth-order valence-corrected chi connectivity index (χ4v) is 4.64. The normalized spacial score (nSPS) is 32.3. The largest absolute Gasteiger partial charge is 0.353 e. The maximum absolute atomic E-state index is 13.4. The molecule has 4 unspecified atom stereocenters. The number of hydrogen-bond acceptors (Lipinski definition) is 5. The lowest BCUT2D eigenvalue weighted by Crippen LogP contribution is -2.65. The first-order chi connectivity index (χ1) is 14.2. The van der Waals surface area contributed by atoms with Gasteiger partial charge in [0.15, 0.2) is 0 Å². The fraction of sp³-hybridized carbons (Fsp3) is 0.667. The molecule has 9 heteroatoms. The summed E-state index contributed by atoms with van der Waals surface area (Å²) in [5.74, 6) is -3.44. The number of carbonyl (C=O) groups excluding carboxylic acids is 2. The standard InChI is InChI=1S/C21H28F2N4O3/c1-12-11-27(8-6-14(12)15-4-3-13(9-25-15)21(2,22)23)20(29)18-19(28)26-16-10-24-7-5-17(16)30-18/h3-4,9,12,14,16-18,24H,5-8,10-11H2,1-2H3,(H,26,28)/t12-,14?,16?,17?,18?/m1/s1. The summed E-state index contributed by atoms with van der Waals surface area (Å²) in [4.78, 5) is 31.4. The van der Waals surface area contributed by atoms with Gasteiger partial charge in [-0.3, -0.25) is 14.6 Å². The van der Waals surface area contributed by atoms with E-state index >= 15 is 0 Å². The first-order valence-electron chi connectivity index (χ1n) is 10.5. The summed E-state index contributed by atoms with van der Waals surface area (Å²) in [7, 11) is 0. The zero-order valence-electron chi connectivity index (χ0n) is 17.2. The minimum absolute atomic E-state index is 0.0727. The summed E-state index contributed by atoms with van der Waals surface area (Å²) in [5.41, 5.74) is 0.648. The molecule has 4 heterocycles. The first-order valence-corrected chi connectivity index (χ1v) is 10.5. The molecule has 3 fully saturated rings. The van der Waals surface area contributed by atoms with Gasteiger partial charge in [0.05, 0.1) is 12.1 Å². The summed E-state index contributed by atoms with van der Waals surface area (Å²) < 4.78 is 32.7.